The van der Waals surface area contributed by atoms with Crippen LogP contribution in [0.1, 0.15) is 40.0 Å². The number of carbonyl (C=O) groups excluding carboxylic acids is 1. The van der Waals surface area contributed by atoms with E-state index in [1.807, 2.05) is 19.1 Å². The molecule has 2 atom stereocenters. The third kappa shape index (κ3) is 4.15. The van der Waals surface area contributed by atoms with Gasteiger partial charge in [-0.3, -0.25) is 14.7 Å². The highest BCUT2D eigenvalue weighted by Crippen LogP contribution is 2.34. The van der Waals surface area contributed by atoms with Gasteiger partial charge in [-0.15, -0.1) is 0 Å². The maximum absolute atomic E-state index is 13.0. The summed E-state index contributed by atoms with van der Waals surface area (Å²) >= 11 is 0. The number of halogens is 3. The number of nitrogens with zero attached hydrogens (tertiary/aromatic N) is 3. The van der Waals surface area contributed by atoms with Gasteiger partial charge in [-0.05, 0) is 62.1 Å². The van der Waals surface area contributed by atoms with Crippen molar-refractivity contribution < 1.29 is 18.0 Å². The van der Waals surface area contributed by atoms with Gasteiger partial charge in [-0.1, -0.05) is 12.1 Å². The highest BCUT2D eigenvalue weighted by atomic mass is 19.4. The van der Waals surface area contributed by atoms with Gasteiger partial charge < -0.3 is 4.90 Å². The molecule has 2 aliphatic heterocycles. The second-order valence-corrected chi connectivity index (χ2v) is 8.00. The van der Waals surface area contributed by atoms with E-state index in [1.54, 1.807) is 11.1 Å². The Kier molecular flexibility index (Phi) is 5.34. The van der Waals surface area contributed by atoms with Crippen LogP contribution >= 0.6 is 0 Å². The smallest absolute Gasteiger partial charge is 0.337 e. The van der Waals surface area contributed by atoms with Crippen LogP contribution in [0.2, 0.25) is 0 Å². The number of hydrogen-bond acceptors (Lipinski definition) is 3. The van der Waals surface area contributed by atoms with Crippen LogP contribution in [-0.4, -0.2) is 46.4 Å². The summed E-state index contributed by atoms with van der Waals surface area (Å²) in [6.45, 7) is 4.87. The lowest BCUT2D eigenvalue weighted by molar-refractivity contribution is -0.137. The van der Waals surface area contributed by atoms with E-state index in [-0.39, 0.29) is 17.5 Å². The summed E-state index contributed by atoms with van der Waals surface area (Å²) in [5, 5.41) is 0. The Morgan fingerprint density at radius 3 is 2.79 bits per heavy atom. The van der Waals surface area contributed by atoms with E-state index in [4.69, 9.17) is 0 Å². The summed E-state index contributed by atoms with van der Waals surface area (Å²) < 4.78 is 39.0. The zero-order chi connectivity index (χ0) is 20.6. The molecule has 2 aliphatic rings. The first-order valence-electron chi connectivity index (χ1n) is 9.94. The van der Waals surface area contributed by atoms with Crippen LogP contribution in [0.25, 0.3) is 0 Å². The van der Waals surface area contributed by atoms with Crippen molar-refractivity contribution in [3.63, 3.8) is 0 Å². The summed E-state index contributed by atoms with van der Waals surface area (Å²) in [5.74, 6) is 0.0296. The van der Waals surface area contributed by atoms with E-state index >= 15 is 0 Å². The van der Waals surface area contributed by atoms with Crippen LogP contribution in [0.3, 0.4) is 0 Å². The highest BCUT2D eigenvalue weighted by Gasteiger charge is 2.41. The zero-order valence-corrected chi connectivity index (χ0v) is 16.3. The first kappa shape index (κ1) is 19.9. The minimum absolute atomic E-state index is 0.102. The normalized spacial score (nSPS) is 22.6. The second-order valence-electron chi connectivity index (χ2n) is 8.00. The number of aryl methyl sites for hydroxylation is 1. The van der Waals surface area contributed by atoms with Crippen molar-refractivity contribution in [2.24, 2.45) is 5.92 Å². The number of fused-ring (bicyclic) bond motifs is 1. The van der Waals surface area contributed by atoms with Crippen LogP contribution in [0.5, 0.6) is 0 Å². The van der Waals surface area contributed by atoms with E-state index in [0.717, 1.165) is 49.3 Å². The molecule has 0 bridgehead atoms. The van der Waals surface area contributed by atoms with Gasteiger partial charge in [0.25, 0.3) is 5.91 Å². The molecule has 0 radical (unpaired) electrons. The second kappa shape index (κ2) is 7.78. The fourth-order valence-electron chi connectivity index (χ4n) is 4.52. The van der Waals surface area contributed by atoms with Crippen LogP contribution in [0.4, 0.5) is 13.2 Å². The lowest BCUT2D eigenvalue weighted by Crippen LogP contribution is -2.45. The average molecular weight is 403 g/mol. The van der Waals surface area contributed by atoms with Crippen molar-refractivity contribution in [1.82, 2.24) is 14.8 Å². The standard InChI is InChI=1S/C22H24F3N3O/c1-15-5-3-9-26-19(15)13-27-10-4-7-17-12-28(14-20(17)27)21(29)16-6-2-8-18(11-16)22(23,24)25/h2-3,5-6,8-9,11,17,20H,4,7,10,12-14H2,1H3/t17-,20+/m1/s1. The van der Waals surface area contributed by atoms with Crippen LogP contribution < -0.4 is 0 Å². The van der Waals surface area contributed by atoms with Gasteiger partial charge in [-0.2, -0.15) is 13.2 Å². The highest BCUT2D eigenvalue weighted by molar-refractivity contribution is 5.94. The Balaban J connectivity index is 1.49. The Morgan fingerprint density at radius 2 is 2.03 bits per heavy atom. The number of pyridine rings is 1. The van der Waals surface area contributed by atoms with Crippen molar-refractivity contribution in [2.45, 2.75) is 38.5 Å². The van der Waals surface area contributed by atoms with Crippen molar-refractivity contribution in [3.8, 4) is 0 Å². The largest absolute Gasteiger partial charge is 0.416 e. The van der Waals surface area contributed by atoms with E-state index in [1.165, 1.54) is 12.1 Å². The minimum atomic E-state index is -4.45. The predicted molar refractivity (Wildman–Crippen MR) is 103 cm³/mol. The molecule has 0 unspecified atom stereocenters. The van der Waals surface area contributed by atoms with Crippen LogP contribution in [-0.2, 0) is 12.7 Å². The molecular weight excluding hydrogens is 379 g/mol. The number of rotatable bonds is 3. The molecule has 2 saturated heterocycles. The van der Waals surface area contributed by atoms with E-state index in [9.17, 15) is 18.0 Å². The number of benzene rings is 1. The SMILES string of the molecule is Cc1cccnc1CN1CCC[C@@H]2CN(C(=O)c3cccc(C(F)(F)F)c3)C[C@@H]21. The molecule has 2 fully saturated rings. The molecule has 29 heavy (non-hydrogen) atoms. The van der Waals surface area contributed by atoms with Crippen LogP contribution in [0.15, 0.2) is 42.6 Å². The molecule has 4 nitrogen and oxygen atoms in total. The molecule has 154 valence electrons. The lowest BCUT2D eigenvalue weighted by atomic mass is 9.92. The fraction of sp³-hybridized carbons (Fsp3) is 0.455. The monoisotopic (exact) mass is 403 g/mol. The van der Waals surface area contributed by atoms with Gasteiger partial charge in [0.05, 0.1) is 11.3 Å². The van der Waals surface area contributed by atoms with E-state index in [2.05, 4.69) is 9.88 Å². The van der Waals surface area contributed by atoms with Crippen molar-refractivity contribution >= 4 is 5.91 Å². The quantitative estimate of drug-likeness (QED) is 0.773. The van der Waals surface area contributed by atoms with E-state index < -0.39 is 11.7 Å². The summed E-state index contributed by atoms with van der Waals surface area (Å²) in [6, 6.07) is 8.91. The van der Waals surface area contributed by atoms with Crippen LogP contribution in [0, 0.1) is 12.8 Å². The number of hydrogen-bond donors (Lipinski definition) is 0. The molecule has 2 aromatic rings. The van der Waals surface area contributed by atoms with Gasteiger partial charge in [0, 0.05) is 37.4 Å². The molecule has 3 heterocycles. The topological polar surface area (TPSA) is 36.4 Å². The molecule has 0 aliphatic carbocycles. The van der Waals surface area contributed by atoms with E-state index in [0.29, 0.717) is 19.0 Å². The maximum atomic E-state index is 13.0. The third-order valence-electron chi connectivity index (χ3n) is 6.09. The molecule has 0 saturated carbocycles. The molecule has 0 spiro atoms. The molecular formula is C22H24F3N3O. The van der Waals surface area contributed by atoms with Gasteiger partial charge in [0.15, 0.2) is 0 Å². The third-order valence-corrected chi connectivity index (χ3v) is 6.09. The lowest BCUT2D eigenvalue weighted by Gasteiger charge is -2.36. The number of piperidine rings is 1. The maximum Gasteiger partial charge on any atom is 0.416 e. The first-order chi connectivity index (χ1) is 13.8. The Bertz CT molecular complexity index is 899. The molecule has 7 heteroatoms. The van der Waals surface area contributed by atoms with Crippen molar-refractivity contribution in [3.05, 3.63) is 65.0 Å². The number of likely N-dealkylation sites (tertiary alicyclic amines) is 2. The number of carbonyl (C=O) groups is 1. The molecule has 1 aromatic heterocycles. The summed E-state index contributed by atoms with van der Waals surface area (Å²) in [5.41, 5.74) is 1.50. The fourth-order valence-corrected chi connectivity index (χ4v) is 4.52. The number of alkyl halides is 3. The summed E-state index contributed by atoms with van der Waals surface area (Å²) in [6.07, 6.45) is -0.568. The molecule has 0 N–H and O–H groups in total. The van der Waals surface area contributed by atoms with Gasteiger partial charge in [0.2, 0.25) is 0 Å². The molecule has 1 aromatic carbocycles. The summed E-state index contributed by atoms with van der Waals surface area (Å²) in [7, 11) is 0. The Labute approximate surface area is 168 Å². The molecule has 1 amide bonds. The van der Waals surface area contributed by atoms with Gasteiger partial charge in [0.1, 0.15) is 0 Å². The minimum Gasteiger partial charge on any atom is -0.337 e. The first-order valence-corrected chi connectivity index (χ1v) is 9.94. The number of amides is 1. The van der Waals surface area contributed by atoms with Crippen molar-refractivity contribution in [2.75, 3.05) is 19.6 Å². The summed E-state index contributed by atoms with van der Waals surface area (Å²) in [4.78, 5) is 21.5. The van der Waals surface area contributed by atoms with Gasteiger partial charge in [-0.25, -0.2) is 0 Å². The van der Waals surface area contributed by atoms with Gasteiger partial charge >= 0.3 is 6.18 Å². The Morgan fingerprint density at radius 1 is 1.21 bits per heavy atom. The average Bonchev–Trinajstić information content (AvgIpc) is 3.14. The number of aromatic nitrogens is 1. The molecule has 4 rings (SSSR count). The predicted octanol–water partition coefficient (Wildman–Crippen LogP) is 4.15. The zero-order valence-electron chi connectivity index (χ0n) is 16.3. The Hall–Kier alpha value is -2.41. The van der Waals surface area contributed by atoms with Crippen molar-refractivity contribution in [1.29, 1.82) is 0 Å².